The summed E-state index contributed by atoms with van der Waals surface area (Å²) in [5.41, 5.74) is -1.13. The second-order valence-corrected chi connectivity index (χ2v) is 4.40. The van der Waals surface area contributed by atoms with Crippen molar-refractivity contribution < 1.29 is 23.8 Å². The van der Waals surface area contributed by atoms with Gasteiger partial charge in [-0.1, -0.05) is 0 Å². The molecule has 2 atom stereocenters. The Hall–Kier alpha value is -0.910. The van der Waals surface area contributed by atoms with Crippen molar-refractivity contribution in [3.8, 4) is 0 Å². The van der Waals surface area contributed by atoms with Crippen LogP contribution < -0.4 is 0 Å². The van der Waals surface area contributed by atoms with E-state index in [9.17, 15) is 13.6 Å². The topological polar surface area (TPSA) is 60.8 Å². The number of piperidine rings is 1. The smallest absolute Gasteiger partial charge is 0.407 e. The summed E-state index contributed by atoms with van der Waals surface area (Å²) in [4.78, 5) is 11.3. The molecule has 1 aliphatic heterocycles. The molecule has 2 fully saturated rings. The van der Waals surface area contributed by atoms with E-state index < -0.39 is 24.0 Å². The van der Waals surface area contributed by atoms with Crippen LogP contribution in [0, 0.1) is 11.3 Å². The monoisotopic (exact) mass is 221 g/mol. The lowest BCUT2D eigenvalue weighted by molar-refractivity contribution is -0.126. The third-order valence-electron chi connectivity index (χ3n) is 3.67. The molecule has 1 saturated carbocycles. The zero-order chi connectivity index (χ0) is 11.3. The van der Waals surface area contributed by atoms with Crippen molar-refractivity contribution in [2.24, 2.45) is 11.3 Å². The SMILES string of the molecule is O=C(O)N1CCC2(CC2CO)C(F)(F)C1. The molecule has 86 valence electrons. The largest absolute Gasteiger partial charge is 0.465 e. The average Bonchev–Trinajstić information content (AvgIpc) is 2.85. The number of alkyl halides is 2. The third-order valence-corrected chi connectivity index (χ3v) is 3.67. The summed E-state index contributed by atoms with van der Waals surface area (Å²) < 4.78 is 27.4. The molecule has 2 rings (SSSR count). The van der Waals surface area contributed by atoms with Crippen LogP contribution in [0.3, 0.4) is 0 Å². The highest BCUT2D eigenvalue weighted by Crippen LogP contribution is 2.65. The summed E-state index contributed by atoms with van der Waals surface area (Å²) in [5.74, 6) is -3.36. The van der Waals surface area contributed by atoms with Crippen molar-refractivity contribution in [2.75, 3.05) is 19.7 Å². The first-order chi connectivity index (χ1) is 6.93. The first kappa shape index (κ1) is 10.6. The van der Waals surface area contributed by atoms with E-state index in [2.05, 4.69) is 0 Å². The first-order valence-corrected chi connectivity index (χ1v) is 4.89. The number of hydrogen-bond acceptors (Lipinski definition) is 2. The standard InChI is InChI=1S/C9H13F2NO3/c10-9(11)5-12(7(14)15)2-1-8(9)3-6(8)4-13/h6,13H,1-5H2,(H,14,15). The highest BCUT2D eigenvalue weighted by molar-refractivity contribution is 5.65. The number of rotatable bonds is 1. The molecule has 2 aliphatic rings. The van der Waals surface area contributed by atoms with Gasteiger partial charge in [-0.2, -0.15) is 0 Å². The van der Waals surface area contributed by atoms with Gasteiger partial charge in [0.25, 0.3) is 5.92 Å². The number of halogens is 2. The summed E-state index contributed by atoms with van der Waals surface area (Å²) in [6.45, 7) is -0.830. The van der Waals surface area contributed by atoms with Crippen molar-refractivity contribution in [3.63, 3.8) is 0 Å². The van der Waals surface area contributed by atoms with Gasteiger partial charge in [0, 0.05) is 18.6 Å². The fourth-order valence-electron chi connectivity index (χ4n) is 2.53. The molecular weight excluding hydrogens is 208 g/mol. The Morgan fingerprint density at radius 2 is 2.20 bits per heavy atom. The number of likely N-dealkylation sites (tertiary alicyclic amines) is 1. The van der Waals surface area contributed by atoms with E-state index in [0.29, 0.717) is 6.42 Å². The van der Waals surface area contributed by atoms with Crippen LogP contribution in [0.4, 0.5) is 13.6 Å². The number of hydrogen-bond donors (Lipinski definition) is 2. The van der Waals surface area contributed by atoms with Crippen molar-refractivity contribution in [1.29, 1.82) is 0 Å². The number of aliphatic hydroxyl groups excluding tert-OH is 1. The van der Waals surface area contributed by atoms with Gasteiger partial charge >= 0.3 is 6.09 Å². The number of amides is 1. The van der Waals surface area contributed by atoms with Gasteiger partial charge < -0.3 is 15.1 Å². The maximum absolute atomic E-state index is 13.7. The van der Waals surface area contributed by atoms with E-state index in [0.717, 1.165) is 4.90 Å². The van der Waals surface area contributed by atoms with E-state index in [4.69, 9.17) is 10.2 Å². The molecule has 15 heavy (non-hydrogen) atoms. The van der Waals surface area contributed by atoms with Crippen LogP contribution in [0.15, 0.2) is 0 Å². The van der Waals surface area contributed by atoms with E-state index in [-0.39, 0.29) is 25.5 Å². The molecular formula is C9H13F2NO3. The molecule has 1 amide bonds. The molecule has 1 spiro atoms. The molecule has 0 bridgehead atoms. The van der Waals surface area contributed by atoms with Crippen molar-refractivity contribution in [1.82, 2.24) is 4.90 Å². The van der Waals surface area contributed by atoms with Gasteiger partial charge in [0.15, 0.2) is 0 Å². The summed E-state index contributed by atoms with van der Waals surface area (Å²) >= 11 is 0. The van der Waals surface area contributed by atoms with Gasteiger partial charge in [-0.05, 0) is 18.8 Å². The van der Waals surface area contributed by atoms with Crippen molar-refractivity contribution in [2.45, 2.75) is 18.8 Å². The van der Waals surface area contributed by atoms with Gasteiger partial charge in [-0.25, -0.2) is 13.6 Å². The van der Waals surface area contributed by atoms with E-state index in [1.54, 1.807) is 0 Å². The average molecular weight is 221 g/mol. The van der Waals surface area contributed by atoms with Gasteiger partial charge in [-0.3, -0.25) is 0 Å². The minimum atomic E-state index is -3.00. The molecule has 1 heterocycles. The third kappa shape index (κ3) is 1.39. The van der Waals surface area contributed by atoms with Crippen LogP contribution >= 0.6 is 0 Å². The van der Waals surface area contributed by atoms with Crippen LogP contribution in [0.5, 0.6) is 0 Å². The van der Waals surface area contributed by atoms with Crippen molar-refractivity contribution >= 4 is 6.09 Å². The fraction of sp³-hybridized carbons (Fsp3) is 0.889. The Morgan fingerprint density at radius 1 is 1.53 bits per heavy atom. The molecule has 0 aromatic rings. The fourth-order valence-corrected chi connectivity index (χ4v) is 2.53. The number of carboxylic acid groups (broad SMARTS) is 1. The molecule has 1 saturated heterocycles. The second-order valence-electron chi connectivity index (χ2n) is 4.40. The summed E-state index contributed by atoms with van der Waals surface area (Å²) in [6.07, 6.45) is -0.840. The summed E-state index contributed by atoms with van der Waals surface area (Å²) in [6, 6.07) is 0. The van der Waals surface area contributed by atoms with E-state index in [1.807, 2.05) is 0 Å². The molecule has 2 N–H and O–H groups in total. The lowest BCUT2D eigenvalue weighted by Crippen LogP contribution is -2.52. The van der Waals surface area contributed by atoms with Crippen LogP contribution in [0.25, 0.3) is 0 Å². The molecule has 0 aromatic heterocycles. The van der Waals surface area contributed by atoms with Crippen LogP contribution in [0.2, 0.25) is 0 Å². The maximum Gasteiger partial charge on any atom is 0.407 e. The minimum Gasteiger partial charge on any atom is -0.465 e. The number of aliphatic hydroxyl groups is 1. The minimum absolute atomic E-state index is 0.140. The Morgan fingerprint density at radius 3 is 2.60 bits per heavy atom. The first-order valence-electron chi connectivity index (χ1n) is 4.89. The second kappa shape index (κ2) is 3.04. The molecule has 6 heteroatoms. The highest BCUT2D eigenvalue weighted by Gasteiger charge is 2.70. The van der Waals surface area contributed by atoms with E-state index >= 15 is 0 Å². The predicted octanol–water partition coefficient (Wildman–Crippen LogP) is 1.00. The van der Waals surface area contributed by atoms with E-state index in [1.165, 1.54) is 0 Å². The van der Waals surface area contributed by atoms with Gasteiger partial charge in [0.05, 0.1) is 6.54 Å². The van der Waals surface area contributed by atoms with Crippen LogP contribution in [-0.4, -0.2) is 46.8 Å². The number of carbonyl (C=O) groups is 1. The lowest BCUT2D eigenvalue weighted by Gasteiger charge is -2.38. The van der Waals surface area contributed by atoms with Gasteiger partial charge in [0.1, 0.15) is 0 Å². The molecule has 0 radical (unpaired) electrons. The molecule has 2 unspecified atom stereocenters. The maximum atomic E-state index is 13.7. The summed E-state index contributed by atoms with van der Waals surface area (Å²) in [7, 11) is 0. The predicted molar refractivity (Wildman–Crippen MR) is 46.8 cm³/mol. The normalized spacial score (nSPS) is 38.1. The van der Waals surface area contributed by atoms with Crippen molar-refractivity contribution in [3.05, 3.63) is 0 Å². The van der Waals surface area contributed by atoms with Crippen LogP contribution in [0.1, 0.15) is 12.8 Å². The quantitative estimate of drug-likeness (QED) is 0.694. The molecule has 0 aromatic carbocycles. The molecule has 4 nitrogen and oxygen atoms in total. The van der Waals surface area contributed by atoms with Gasteiger partial charge in [0.2, 0.25) is 0 Å². The summed E-state index contributed by atoms with van der Waals surface area (Å²) in [5, 5.41) is 17.5. The Kier molecular flexibility index (Phi) is 2.15. The highest BCUT2D eigenvalue weighted by atomic mass is 19.3. The van der Waals surface area contributed by atoms with Crippen LogP contribution in [-0.2, 0) is 0 Å². The van der Waals surface area contributed by atoms with Gasteiger partial charge in [-0.15, -0.1) is 0 Å². The Balaban J connectivity index is 2.11. The number of nitrogens with zero attached hydrogens (tertiary/aromatic N) is 1. The Labute approximate surface area is 85.5 Å². The molecule has 1 aliphatic carbocycles. The Bertz CT molecular complexity index is 297. The lowest BCUT2D eigenvalue weighted by atomic mass is 9.87. The zero-order valence-electron chi connectivity index (χ0n) is 8.12. The zero-order valence-corrected chi connectivity index (χ0v) is 8.12.